The summed E-state index contributed by atoms with van der Waals surface area (Å²) in [7, 11) is 1.63. The van der Waals surface area contributed by atoms with Crippen molar-refractivity contribution in [2.75, 3.05) is 71.4 Å². The van der Waals surface area contributed by atoms with Crippen molar-refractivity contribution in [2.24, 2.45) is 0 Å². The molecule has 242 valence electrons. The molecular weight excluding hydrogens is 596 g/mol. The second kappa shape index (κ2) is 14.6. The van der Waals surface area contributed by atoms with Gasteiger partial charge >= 0.3 is 0 Å². The second-order valence-corrected chi connectivity index (χ2v) is 10.6. The van der Waals surface area contributed by atoms with E-state index in [0.717, 1.165) is 16.8 Å². The molecule has 16 heteroatoms. The summed E-state index contributed by atoms with van der Waals surface area (Å²) in [5, 5.41) is 5.44. The number of benzene rings is 1. The van der Waals surface area contributed by atoms with Crippen LogP contribution in [0.1, 0.15) is 23.5 Å². The molecule has 0 bridgehead atoms. The molecule has 0 radical (unpaired) electrons. The van der Waals surface area contributed by atoms with Gasteiger partial charge in [-0.25, -0.2) is 24.6 Å². The van der Waals surface area contributed by atoms with Crippen molar-refractivity contribution in [3.63, 3.8) is 0 Å². The highest BCUT2D eigenvalue weighted by atomic mass is 16.6. The summed E-state index contributed by atoms with van der Waals surface area (Å²) < 4.78 is 28.4. The molecule has 5 aromatic rings. The molecule has 0 saturated heterocycles. The van der Waals surface area contributed by atoms with E-state index in [9.17, 15) is 4.79 Å². The summed E-state index contributed by atoms with van der Waals surface area (Å²) in [4.78, 5) is 36.9. The van der Waals surface area contributed by atoms with Gasteiger partial charge in [-0.3, -0.25) is 4.79 Å². The van der Waals surface area contributed by atoms with E-state index in [1.165, 1.54) is 6.33 Å². The van der Waals surface area contributed by atoms with Crippen LogP contribution in [0.2, 0.25) is 0 Å². The first-order chi connectivity index (χ1) is 22.5. The lowest BCUT2D eigenvalue weighted by molar-refractivity contribution is -0.133. The maximum Gasteiger partial charge on any atom is 0.292 e. The molecule has 6 rings (SSSR count). The fourth-order valence-corrected chi connectivity index (χ4v) is 5.22. The zero-order valence-corrected chi connectivity index (χ0v) is 25.6. The van der Waals surface area contributed by atoms with E-state index in [2.05, 4.69) is 19.9 Å². The van der Waals surface area contributed by atoms with E-state index in [0.29, 0.717) is 112 Å². The number of hydrogen-bond acceptors (Lipinski definition) is 14. The Morgan fingerprint density at radius 1 is 0.978 bits per heavy atom. The van der Waals surface area contributed by atoms with E-state index < -0.39 is 0 Å². The predicted octanol–water partition coefficient (Wildman–Crippen LogP) is 1.61. The summed E-state index contributed by atoms with van der Waals surface area (Å²) in [5.41, 5.74) is 16.9. The van der Waals surface area contributed by atoms with Crippen LogP contribution in [-0.2, 0) is 43.3 Å². The minimum Gasteiger partial charge on any atom is -0.424 e. The average Bonchev–Trinajstić information content (AvgIpc) is 3.63. The first kappa shape index (κ1) is 31.2. The molecule has 0 fully saturated rings. The molecule has 5 heterocycles. The number of oxazole rings is 1. The van der Waals surface area contributed by atoms with Crippen molar-refractivity contribution in [3.8, 4) is 11.3 Å². The third-order valence-electron chi connectivity index (χ3n) is 7.50. The Labute approximate surface area is 264 Å². The van der Waals surface area contributed by atoms with Crippen LogP contribution in [0.4, 0.5) is 11.8 Å². The van der Waals surface area contributed by atoms with E-state index in [-0.39, 0.29) is 18.5 Å². The quantitative estimate of drug-likeness (QED) is 0.157. The lowest BCUT2D eigenvalue weighted by atomic mass is 10.1. The average molecular weight is 633 g/mol. The molecule has 0 aliphatic carbocycles. The highest BCUT2D eigenvalue weighted by Gasteiger charge is 2.23. The Bertz CT molecular complexity index is 1810. The van der Waals surface area contributed by atoms with Crippen LogP contribution < -0.4 is 11.5 Å². The van der Waals surface area contributed by atoms with E-state index in [1.807, 2.05) is 17.0 Å². The number of nitrogen functional groups attached to an aromatic ring is 2. The molecule has 1 aliphatic rings. The summed E-state index contributed by atoms with van der Waals surface area (Å²) in [6.45, 7) is 4.59. The number of nitrogens with zero attached hydrogens (tertiary/aromatic N) is 8. The molecule has 46 heavy (non-hydrogen) atoms. The molecule has 0 atom stereocenters. The lowest BCUT2D eigenvalue weighted by Gasteiger charge is -2.28. The van der Waals surface area contributed by atoms with Gasteiger partial charge in [0.25, 0.3) is 6.01 Å². The fraction of sp³-hybridized carbons (Fsp3) is 0.433. The van der Waals surface area contributed by atoms with Gasteiger partial charge in [0.15, 0.2) is 11.2 Å². The number of anilines is 2. The van der Waals surface area contributed by atoms with Crippen molar-refractivity contribution in [3.05, 3.63) is 47.8 Å². The van der Waals surface area contributed by atoms with E-state index in [1.54, 1.807) is 24.1 Å². The number of carbonyl (C=O) groups is 1. The number of amides is 1. The van der Waals surface area contributed by atoms with Gasteiger partial charge in [0.2, 0.25) is 5.91 Å². The third-order valence-corrected chi connectivity index (χ3v) is 7.50. The highest BCUT2D eigenvalue weighted by molar-refractivity contribution is 5.99. The summed E-state index contributed by atoms with van der Waals surface area (Å²) >= 11 is 0. The number of nitrogens with two attached hydrogens (primary N) is 2. The van der Waals surface area contributed by atoms with Gasteiger partial charge in [0.1, 0.15) is 35.7 Å². The van der Waals surface area contributed by atoms with Crippen LogP contribution in [0.5, 0.6) is 0 Å². The number of methoxy groups -OCH3 is 1. The Kier molecular flexibility index (Phi) is 9.88. The van der Waals surface area contributed by atoms with Crippen molar-refractivity contribution in [1.29, 1.82) is 0 Å². The van der Waals surface area contributed by atoms with E-state index in [4.69, 9.17) is 44.9 Å². The maximum atomic E-state index is 12.8. The minimum atomic E-state index is 0.0292. The first-order valence-electron chi connectivity index (χ1n) is 15.0. The second-order valence-electron chi connectivity index (χ2n) is 10.6. The molecule has 1 aliphatic heterocycles. The molecule has 0 spiro atoms. The normalized spacial score (nSPS) is 13.1. The maximum absolute atomic E-state index is 12.8. The SMILES string of the molecule is COCCOCCOCCOCCC(=O)N1CCc2nc(Cn3nc(-c4ccc5oc(N)nc5c4)c4c(N)ncnc43)ncc2C1. The molecule has 0 saturated carbocycles. The van der Waals surface area contributed by atoms with Gasteiger partial charge in [0.05, 0.1) is 63.7 Å². The predicted molar refractivity (Wildman–Crippen MR) is 166 cm³/mol. The standard InChI is InChI=1S/C30H36N10O6/c1-42-8-9-44-12-13-45-11-10-43-7-5-25(41)39-6-4-21-20(16-39)15-33-24(36-21)17-40-29-26(28(31)34-18-35-29)27(38-40)19-2-3-23-22(14-19)37-30(32)46-23/h2-3,14-15,18H,4-13,16-17H2,1H3,(H2,32,37)(H2,31,34,35). The first-order valence-corrected chi connectivity index (χ1v) is 15.0. The largest absolute Gasteiger partial charge is 0.424 e. The third kappa shape index (κ3) is 7.20. The lowest BCUT2D eigenvalue weighted by Crippen LogP contribution is -2.37. The summed E-state index contributed by atoms with van der Waals surface area (Å²) in [6.07, 6.45) is 4.11. The zero-order valence-electron chi connectivity index (χ0n) is 25.6. The van der Waals surface area contributed by atoms with Crippen LogP contribution in [-0.4, -0.2) is 105 Å². The smallest absolute Gasteiger partial charge is 0.292 e. The summed E-state index contributed by atoms with van der Waals surface area (Å²) in [6, 6.07) is 5.57. The monoisotopic (exact) mass is 632 g/mol. The van der Waals surface area contributed by atoms with Crippen molar-refractivity contribution < 1.29 is 28.2 Å². The van der Waals surface area contributed by atoms with Gasteiger partial charge in [-0.1, -0.05) is 0 Å². The minimum absolute atomic E-state index is 0.0292. The van der Waals surface area contributed by atoms with Crippen LogP contribution >= 0.6 is 0 Å². The van der Waals surface area contributed by atoms with Gasteiger partial charge in [-0.2, -0.15) is 10.1 Å². The number of carbonyl (C=O) groups excluding carboxylic acids is 1. The number of rotatable bonds is 15. The topological polar surface area (TPSA) is 205 Å². The molecule has 1 aromatic carbocycles. The molecular formula is C30H36N10O6. The van der Waals surface area contributed by atoms with Gasteiger partial charge < -0.3 is 39.7 Å². The van der Waals surface area contributed by atoms with Crippen LogP contribution in [0.15, 0.2) is 35.1 Å². The van der Waals surface area contributed by atoms with Gasteiger partial charge in [0, 0.05) is 43.9 Å². The Balaban J connectivity index is 1.04. The zero-order chi connectivity index (χ0) is 31.9. The molecule has 4 N–H and O–H groups in total. The fourth-order valence-electron chi connectivity index (χ4n) is 5.22. The van der Waals surface area contributed by atoms with Crippen LogP contribution in [0.25, 0.3) is 33.4 Å². The van der Waals surface area contributed by atoms with Crippen LogP contribution in [0, 0.1) is 0 Å². The van der Waals surface area contributed by atoms with Gasteiger partial charge in [-0.05, 0) is 18.2 Å². The Hall–Kier alpha value is -4.77. The number of hydrogen-bond donors (Lipinski definition) is 2. The number of fused-ring (bicyclic) bond motifs is 3. The Morgan fingerprint density at radius 2 is 1.76 bits per heavy atom. The molecule has 4 aromatic heterocycles. The number of ether oxygens (including phenoxy) is 4. The Morgan fingerprint density at radius 3 is 2.57 bits per heavy atom. The van der Waals surface area contributed by atoms with Crippen molar-refractivity contribution in [1.82, 2.24) is 39.6 Å². The summed E-state index contributed by atoms with van der Waals surface area (Å²) in [5.74, 6) is 0.908. The molecule has 1 amide bonds. The van der Waals surface area contributed by atoms with Crippen LogP contribution in [0.3, 0.4) is 0 Å². The van der Waals surface area contributed by atoms with Crippen molar-refractivity contribution in [2.45, 2.75) is 25.9 Å². The highest BCUT2D eigenvalue weighted by Crippen LogP contribution is 2.32. The molecule has 16 nitrogen and oxygen atoms in total. The molecule has 0 unspecified atom stereocenters. The van der Waals surface area contributed by atoms with Crippen molar-refractivity contribution >= 4 is 39.9 Å². The number of aromatic nitrogens is 7. The van der Waals surface area contributed by atoms with Gasteiger partial charge in [-0.15, -0.1) is 0 Å². The van der Waals surface area contributed by atoms with E-state index >= 15 is 0 Å².